The van der Waals surface area contributed by atoms with E-state index in [1.165, 1.54) is 30.6 Å². The zero-order valence-electron chi connectivity index (χ0n) is 16.2. The maximum atomic E-state index is 12.7. The highest BCUT2D eigenvalue weighted by atomic mass is 32.1. The predicted molar refractivity (Wildman–Crippen MR) is 107 cm³/mol. The Balaban J connectivity index is 1.87. The molecule has 1 amide bonds. The Morgan fingerprint density at radius 3 is 2.46 bits per heavy atom. The van der Waals surface area contributed by atoms with Crippen LogP contribution in [0.25, 0.3) is 0 Å². The lowest BCUT2D eigenvalue weighted by Gasteiger charge is -2.18. The molecule has 0 aliphatic heterocycles. The van der Waals surface area contributed by atoms with Crippen molar-refractivity contribution < 1.29 is 23.9 Å². The summed E-state index contributed by atoms with van der Waals surface area (Å²) in [4.78, 5) is 37.9. The number of methoxy groups -OCH3 is 1. The predicted octanol–water partition coefficient (Wildman–Crippen LogP) is 4.09. The number of esters is 2. The Kier molecular flexibility index (Phi) is 6.14. The van der Waals surface area contributed by atoms with Crippen molar-refractivity contribution in [2.45, 2.75) is 33.1 Å². The molecule has 0 radical (unpaired) electrons. The van der Waals surface area contributed by atoms with Gasteiger partial charge >= 0.3 is 11.9 Å². The minimum atomic E-state index is -0.461. The summed E-state index contributed by atoms with van der Waals surface area (Å²) in [6, 6.07) is 6.19. The molecule has 1 N–H and O–H groups in total. The molecule has 0 spiro atoms. The van der Waals surface area contributed by atoms with Gasteiger partial charge < -0.3 is 14.8 Å². The van der Waals surface area contributed by atoms with Crippen LogP contribution in [0.5, 0.6) is 0 Å². The van der Waals surface area contributed by atoms with E-state index in [2.05, 4.69) is 17.0 Å². The maximum absolute atomic E-state index is 12.7. The van der Waals surface area contributed by atoms with E-state index in [1.54, 1.807) is 19.1 Å². The first-order valence-electron chi connectivity index (χ1n) is 9.26. The lowest BCUT2D eigenvalue weighted by atomic mass is 9.88. The van der Waals surface area contributed by atoms with Gasteiger partial charge in [0.2, 0.25) is 0 Å². The first-order valence-corrected chi connectivity index (χ1v) is 10.1. The molecule has 1 aromatic carbocycles. The van der Waals surface area contributed by atoms with Crippen LogP contribution in [0.15, 0.2) is 24.3 Å². The average Bonchev–Trinajstić information content (AvgIpc) is 3.04. The minimum absolute atomic E-state index is 0.280. The first-order chi connectivity index (χ1) is 13.4. The zero-order valence-corrected chi connectivity index (χ0v) is 17.0. The van der Waals surface area contributed by atoms with E-state index < -0.39 is 11.9 Å². The molecule has 1 aromatic heterocycles. The smallest absolute Gasteiger partial charge is 0.341 e. The number of anilines is 1. The molecule has 3 rings (SSSR count). The second kappa shape index (κ2) is 8.56. The maximum Gasteiger partial charge on any atom is 0.341 e. The van der Waals surface area contributed by atoms with Gasteiger partial charge in [0.25, 0.3) is 5.91 Å². The van der Waals surface area contributed by atoms with Crippen molar-refractivity contribution in [1.82, 2.24) is 0 Å². The van der Waals surface area contributed by atoms with E-state index in [0.717, 1.165) is 29.7 Å². The highest BCUT2D eigenvalue weighted by molar-refractivity contribution is 7.17. The zero-order chi connectivity index (χ0) is 20.3. The molecule has 2 aromatic rings. The summed E-state index contributed by atoms with van der Waals surface area (Å²) in [5.41, 5.74) is 2.24. The van der Waals surface area contributed by atoms with Crippen LogP contribution in [-0.4, -0.2) is 31.6 Å². The molecule has 1 heterocycles. The van der Waals surface area contributed by atoms with Gasteiger partial charge in [0, 0.05) is 10.4 Å². The van der Waals surface area contributed by atoms with Gasteiger partial charge in [-0.25, -0.2) is 9.59 Å². The molecule has 0 saturated heterocycles. The number of thiophene rings is 1. The van der Waals surface area contributed by atoms with Crippen LogP contribution in [0.2, 0.25) is 0 Å². The van der Waals surface area contributed by atoms with Crippen LogP contribution < -0.4 is 5.32 Å². The van der Waals surface area contributed by atoms with Gasteiger partial charge in [-0.15, -0.1) is 11.3 Å². The SMILES string of the molecule is CCOC(=O)c1c(NC(=O)c2ccc(C(=O)OC)cc2)sc2c1CCC(C)C2. The Morgan fingerprint density at radius 2 is 1.82 bits per heavy atom. The molecule has 1 atom stereocenters. The number of fused-ring (bicyclic) bond motifs is 1. The third kappa shape index (κ3) is 4.09. The number of benzene rings is 1. The summed E-state index contributed by atoms with van der Waals surface area (Å²) >= 11 is 1.45. The van der Waals surface area contributed by atoms with Crippen LogP contribution in [0, 0.1) is 5.92 Å². The second-order valence-electron chi connectivity index (χ2n) is 6.80. The third-order valence-electron chi connectivity index (χ3n) is 4.79. The van der Waals surface area contributed by atoms with Gasteiger partial charge in [0.15, 0.2) is 0 Å². The van der Waals surface area contributed by atoms with Crippen molar-refractivity contribution in [3.8, 4) is 0 Å². The van der Waals surface area contributed by atoms with Crippen LogP contribution in [0.4, 0.5) is 5.00 Å². The molecule has 7 heteroatoms. The fourth-order valence-corrected chi connectivity index (χ4v) is 4.70. The molecule has 28 heavy (non-hydrogen) atoms. The Bertz CT molecular complexity index is 900. The van der Waals surface area contributed by atoms with Crippen molar-refractivity contribution in [2.24, 2.45) is 5.92 Å². The van der Waals surface area contributed by atoms with E-state index in [0.29, 0.717) is 27.6 Å². The highest BCUT2D eigenvalue weighted by Crippen LogP contribution is 2.40. The Morgan fingerprint density at radius 1 is 1.14 bits per heavy atom. The summed E-state index contributed by atoms with van der Waals surface area (Å²) in [5.74, 6) is -0.647. The topological polar surface area (TPSA) is 81.7 Å². The van der Waals surface area contributed by atoms with Gasteiger partial charge in [-0.2, -0.15) is 0 Å². The molecular formula is C21H23NO5S. The number of rotatable bonds is 5. The number of hydrogen-bond acceptors (Lipinski definition) is 6. The van der Waals surface area contributed by atoms with E-state index in [9.17, 15) is 14.4 Å². The molecule has 0 saturated carbocycles. The lowest BCUT2D eigenvalue weighted by molar-refractivity contribution is 0.0525. The van der Waals surface area contributed by atoms with Crippen LogP contribution in [0.1, 0.15) is 61.8 Å². The normalized spacial score (nSPS) is 15.5. The van der Waals surface area contributed by atoms with E-state index >= 15 is 0 Å². The summed E-state index contributed by atoms with van der Waals surface area (Å²) in [7, 11) is 1.30. The average molecular weight is 401 g/mol. The highest BCUT2D eigenvalue weighted by Gasteiger charge is 2.29. The molecule has 0 fully saturated rings. The van der Waals surface area contributed by atoms with Crippen molar-refractivity contribution in [3.05, 3.63) is 51.4 Å². The van der Waals surface area contributed by atoms with E-state index in [-0.39, 0.29) is 12.5 Å². The molecule has 1 aliphatic carbocycles. The third-order valence-corrected chi connectivity index (χ3v) is 5.96. The van der Waals surface area contributed by atoms with Crippen LogP contribution in [-0.2, 0) is 22.3 Å². The summed E-state index contributed by atoms with van der Waals surface area (Å²) in [5, 5.41) is 3.39. The van der Waals surface area contributed by atoms with Gasteiger partial charge in [-0.05, 0) is 61.9 Å². The number of ether oxygens (including phenoxy) is 2. The van der Waals surface area contributed by atoms with Gasteiger partial charge in [0.1, 0.15) is 5.00 Å². The van der Waals surface area contributed by atoms with Crippen molar-refractivity contribution in [1.29, 1.82) is 0 Å². The van der Waals surface area contributed by atoms with Crippen LogP contribution >= 0.6 is 11.3 Å². The molecule has 6 nitrogen and oxygen atoms in total. The monoisotopic (exact) mass is 401 g/mol. The number of nitrogens with one attached hydrogen (secondary N) is 1. The fraction of sp³-hybridized carbons (Fsp3) is 0.381. The van der Waals surface area contributed by atoms with Crippen LogP contribution in [0.3, 0.4) is 0 Å². The Labute approximate surface area is 167 Å². The molecule has 0 bridgehead atoms. The second-order valence-corrected chi connectivity index (χ2v) is 7.90. The fourth-order valence-electron chi connectivity index (χ4n) is 3.31. The number of carbonyl (C=O) groups is 3. The summed E-state index contributed by atoms with van der Waals surface area (Å²) < 4.78 is 9.89. The first kappa shape index (κ1) is 20.1. The quantitative estimate of drug-likeness (QED) is 0.763. The van der Waals surface area contributed by atoms with Crippen molar-refractivity contribution in [3.63, 3.8) is 0 Å². The Hall–Kier alpha value is -2.67. The van der Waals surface area contributed by atoms with E-state index in [1.807, 2.05) is 0 Å². The van der Waals surface area contributed by atoms with Gasteiger partial charge in [-0.3, -0.25) is 4.79 Å². The number of hydrogen-bond donors (Lipinski definition) is 1. The van der Waals surface area contributed by atoms with Gasteiger partial charge in [0.05, 0.1) is 24.8 Å². The summed E-state index contributed by atoms with van der Waals surface area (Å²) in [6.45, 7) is 4.23. The molecule has 1 aliphatic rings. The van der Waals surface area contributed by atoms with E-state index in [4.69, 9.17) is 4.74 Å². The van der Waals surface area contributed by atoms with Gasteiger partial charge in [-0.1, -0.05) is 6.92 Å². The standard InChI is InChI=1S/C21H23NO5S/c1-4-27-21(25)17-15-10-5-12(2)11-16(15)28-19(17)22-18(23)13-6-8-14(9-7-13)20(24)26-3/h6-9,12H,4-5,10-11H2,1-3H3,(H,22,23). The minimum Gasteiger partial charge on any atom is -0.465 e. The molecular weight excluding hydrogens is 378 g/mol. The number of amides is 1. The number of carbonyl (C=O) groups excluding carboxylic acids is 3. The largest absolute Gasteiger partial charge is 0.465 e. The van der Waals surface area contributed by atoms with Crippen molar-refractivity contribution >= 4 is 34.2 Å². The lowest BCUT2D eigenvalue weighted by Crippen LogP contribution is -2.16. The summed E-state index contributed by atoms with van der Waals surface area (Å²) in [6.07, 6.45) is 2.72. The van der Waals surface area contributed by atoms with Crippen molar-refractivity contribution in [2.75, 3.05) is 19.0 Å². The molecule has 1 unspecified atom stereocenters. The molecule has 148 valence electrons.